The summed E-state index contributed by atoms with van der Waals surface area (Å²) in [5.41, 5.74) is 1.68. The van der Waals surface area contributed by atoms with E-state index in [-0.39, 0.29) is 30.4 Å². The minimum absolute atomic E-state index is 0.232. The third-order valence-corrected chi connectivity index (χ3v) is 3.28. The van der Waals surface area contributed by atoms with Gasteiger partial charge < -0.3 is 9.47 Å². The number of nitrogens with zero attached hydrogens (tertiary/aromatic N) is 1. The standard InChI is InChI=1S/C11H13NO4S/c1-2-15-10(13)8-3-9(8)11(14)16-5-7-4-12-6-17-7/h4,6,8-9H,2-3,5H2,1H3/t8-,9-/m1/s1. The van der Waals surface area contributed by atoms with Gasteiger partial charge in [-0.3, -0.25) is 14.6 Å². The van der Waals surface area contributed by atoms with Gasteiger partial charge in [0, 0.05) is 6.20 Å². The molecule has 0 N–H and O–H groups in total. The zero-order chi connectivity index (χ0) is 12.3. The summed E-state index contributed by atoms with van der Waals surface area (Å²) in [6.45, 7) is 2.32. The highest BCUT2D eigenvalue weighted by molar-refractivity contribution is 7.09. The van der Waals surface area contributed by atoms with Gasteiger partial charge in [0.2, 0.25) is 0 Å². The van der Waals surface area contributed by atoms with E-state index in [2.05, 4.69) is 4.98 Å². The third kappa shape index (κ3) is 3.03. The Morgan fingerprint density at radius 1 is 1.41 bits per heavy atom. The number of carbonyl (C=O) groups excluding carboxylic acids is 2. The van der Waals surface area contributed by atoms with Crippen LogP contribution in [0.25, 0.3) is 0 Å². The second-order valence-corrected chi connectivity index (χ2v) is 4.75. The van der Waals surface area contributed by atoms with Gasteiger partial charge in [0.25, 0.3) is 0 Å². The molecular formula is C11H13NO4S. The Balaban J connectivity index is 1.74. The van der Waals surface area contributed by atoms with Crippen LogP contribution >= 0.6 is 11.3 Å². The molecule has 2 atom stereocenters. The van der Waals surface area contributed by atoms with E-state index in [9.17, 15) is 9.59 Å². The van der Waals surface area contributed by atoms with Crippen LogP contribution in [0.1, 0.15) is 18.2 Å². The van der Waals surface area contributed by atoms with Crippen LogP contribution in [-0.4, -0.2) is 23.5 Å². The molecule has 0 aliphatic heterocycles. The molecular weight excluding hydrogens is 242 g/mol. The maximum atomic E-state index is 11.6. The first-order valence-corrected chi connectivity index (χ1v) is 6.31. The van der Waals surface area contributed by atoms with E-state index in [1.54, 1.807) is 18.6 Å². The number of aromatic nitrogens is 1. The number of ether oxygens (including phenoxy) is 2. The lowest BCUT2D eigenvalue weighted by Gasteiger charge is -2.02. The molecule has 92 valence electrons. The van der Waals surface area contributed by atoms with Crippen LogP contribution in [0.5, 0.6) is 0 Å². The van der Waals surface area contributed by atoms with Crippen LogP contribution < -0.4 is 0 Å². The summed E-state index contributed by atoms with van der Waals surface area (Å²) < 4.78 is 9.93. The normalized spacial score (nSPS) is 21.9. The first kappa shape index (κ1) is 12.0. The molecule has 0 bridgehead atoms. The van der Waals surface area contributed by atoms with E-state index in [0.29, 0.717) is 13.0 Å². The number of carbonyl (C=O) groups is 2. The lowest BCUT2D eigenvalue weighted by atomic mass is 10.3. The molecule has 0 aromatic carbocycles. The third-order valence-electron chi connectivity index (χ3n) is 2.52. The SMILES string of the molecule is CCOC(=O)[C@@H]1C[C@H]1C(=O)OCc1cncs1. The number of rotatable bonds is 5. The van der Waals surface area contributed by atoms with Crippen molar-refractivity contribution in [3.63, 3.8) is 0 Å². The Morgan fingerprint density at radius 3 is 2.71 bits per heavy atom. The van der Waals surface area contributed by atoms with E-state index in [4.69, 9.17) is 9.47 Å². The molecule has 5 nitrogen and oxygen atoms in total. The van der Waals surface area contributed by atoms with Crippen molar-refractivity contribution in [2.75, 3.05) is 6.61 Å². The highest BCUT2D eigenvalue weighted by Crippen LogP contribution is 2.40. The van der Waals surface area contributed by atoms with Gasteiger partial charge in [-0.2, -0.15) is 0 Å². The quantitative estimate of drug-likeness (QED) is 0.744. The summed E-state index contributed by atoms with van der Waals surface area (Å²) in [7, 11) is 0. The zero-order valence-corrected chi connectivity index (χ0v) is 10.2. The highest BCUT2D eigenvalue weighted by Gasteiger charge is 2.50. The predicted octanol–water partition coefficient (Wildman–Crippen LogP) is 1.39. The van der Waals surface area contributed by atoms with Crippen molar-refractivity contribution < 1.29 is 19.1 Å². The van der Waals surface area contributed by atoms with Crippen molar-refractivity contribution in [2.24, 2.45) is 11.8 Å². The summed E-state index contributed by atoms with van der Waals surface area (Å²) in [6.07, 6.45) is 2.20. The summed E-state index contributed by atoms with van der Waals surface area (Å²) in [5, 5.41) is 0. The smallest absolute Gasteiger partial charge is 0.310 e. The number of hydrogen-bond donors (Lipinski definition) is 0. The summed E-state index contributed by atoms with van der Waals surface area (Å²) in [5.74, 6) is -1.24. The number of esters is 2. The first-order chi connectivity index (χ1) is 8.22. The molecule has 1 aliphatic rings. The van der Waals surface area contributed by atoms with Crippen LogP contribution in [0, 0.1) is 11.8 Å². The predicted molar refractivity (Wildman–Crippen MR) is 60.1 cm³/mol. The highest BCUT2D eigenvalue weighted by atomic mass is 32.1. The van der Waals surface area contributed by atoms with Gasteiger partial charge in [-0.1, -0.05) is 0 Å². The topological polar surface area (TPSA) is 65.5 Å². The van der Waals surface area contributed by atoms with E-state index in [1.165, 1.54) is 11.3 Å². The van der Waals surface area contributed by atoms with Crippen LogP contribution in [0.2, 0.25) is 0 Å². The minimum atomic E-state index is -0.323. The van der Waals surface area contributed by atoms with E-state index in [1.807, 2.05) is 0 Å². The molecule has 1 aromatic rings. The van der Waals surface area contributed by atoms with E-state index < -0.39 is 0 Å². The summed E-state index contributed by atoms with van der Waals surface area (Å²) >= 11 is 1.43. The molecule has 1 saturated carbocycles. The molecule has 2 rings (SSSR count). The van der Waals surface area contributed by atoms with Crippen molar-refractivity contribution in [2.45, 2.75) is 20.0 Å². The molecule has 0 amide bonds. The van der Waals surface area contributed by atoms with Gasteiger partial charge in [0.15, 0.2) is 0 Å². The largest absolute Gasteiger partial charge is 0.466 e. The molecule has 1 aliphatic carbocycles. The van der Waals surface area contributed by atoms with Crippen molar-refractivity contribution in [1.82, 2.24) is 4.98 Å². The monoisotopic (exact) mass is 255 g/mol. The summed E-state index contributed by atoms with van der Waals surface area (Å²) in [4.78, 5) is 27.7. The van der Waals surface area contributed by atoms with Crippen LogP contribution in [0.15, 0.2) is 11.7 Å². The maximum Gasteiger partial charge on any atom is 0.310 e. The van der Waals surface area contributed by atoms with E-state index >= 15 is 0 Å². The Hall–Kier alpha value is -1.43. The van der Waals surface area contributed by atoms with Gasteiger partial charge in [-0.25, -0.2) is 0 Å². The lowest BCUT2D eigenvalue weighted by molar-refractivity contribution is -0.151. The van der Waals surface area contributed by atoms with Crippen molar-refractivity contribution in [1.29, 1.82) is 0 Å². The van der Waals surface area contributed by atoms with Gasteiger partial charge in [-0.05, 0) is 13.3 Å². The van der Waals surface area contributed by atoms with Crippen molar-refractivity contribution in [3.8, 4) is 0 Å². The van der Waals surface area contributed by atoms with Crippen molar-refractivity contribution >= 4 is 23.3 Å². The number of thiazole rings is 1. The Morgan fingerprint density at radius 2 is 2.12 bits per heavy atom. The molecule has 17 heavy (non-hydrogen) atoms. The zero-order valence-electron chi connectivity index (χ0n) is 9.42. The van der Waals surface area contributed by atoms with Gasteiger partial charge in [0.1, 0.15) is 6.61 Å². The fourth-order valence-corrected chi connectivity index (χ4v) is 2.03. The van der Waals surface area contributed by atoms with Crippen LogP contribution in [0.4, 0.5) is 0 Å². The molecule has 1 fully saturated rings. The second-order valence-electron chi connectivity index (χ2n) is 3.78. The average Bonchev–Trinajstić information content (AvgIpc) is 2.96. The van der Waals surface area contributed by atoms with Gasteiger partial charge in [-0.15, -0.1) is 11.3 Å². The summed E-state index contributed by atoms with van der Waals surface area (Å²) in [6, 6.07) is 0. The molecule has 0 saturated heterocycles. The first-order valence-electron chi connectivity index (χ1n) is 5.43. The molecule has 0 unspecified atom stereocenters. The average molecular weight is 255 g/mol. The molecule has 1 aromatic heterocycles. The minimum Gasteiger partial charge on any atom is -0.466 e. The van der Waals surface area contributed by atoms with Crippen LogP contribution in [-0.2, 0) is 25.7 Å². The van der Waals surface area contributed by atoms with Gasteiger partial charge in [0.05, 0.1) is 28.8 Å². The van der Waals surface area contributed by atoms with E-state index in [0.717, 1.165) is 4.88 Å². The fraction of sp³-hybridized carbons (Fsp3) is 0.545. The maximum absolute atomic E-state index is 11.6. The molecule has 0 spiro atoms. The number of hydrogen-bond acceptors (Lipinski definition) is 6. The molecule has 6 heteroatoms. The molecule has 0 radical (unpaired) electrons. The Kier molecular flexibility index (Phi) is 3.73. The van der Waals surface area contributed by atoms with Gasteiger partial charge >= 0.3 is 11.9 Å². The second kappa shape index (κ2) is 5.27. The van der Waals surface area contributed by atoms with Crippen molar-refractivity contribution in [3.05, 3.63) is 16.6 Å². The lowest BCUT2D eigenvalue weighted by Crippen LogP contribution is -2.13. The fourth-order valence-electron chi connectivity index (χ4n) is 1.53. The van der Waals surface area contributed by atoms with Crippen LogP contribution in [0.3, 0.4) is 0 Å². The Bertz CT molecular complexity index is 404. The molecule has 1 heterocycles. The Labute approximate surface area is 103 Å².